The van der Waals surface area contributed by atoms with Crippen LogP contribution in [0.15, 0.2) is 24.3 Å². The summed E-state index contributed by atoms with van der Waals surface area (Å²) in [5, 5.41) is 2.91. The minimum absolute atomic E-state index is 0.0395. The highest BCUT2D eigenvalue weighted by atomic mass is 16.5. The summed E-state index contributed by atoms with van der Waals surface area (Å²) in [5.41, 5.74) is 1.14. The molecule has 6 nitrogen and oxygen atoms in total. The van der Waals surface area contributed by atoms with Crippen LogP contribution in [-0.4, -0.2) is 39.1 Å². The number of ether oxygens (including phenoxy) is 3. The molecular formula is C16H21NO5. The van der Waals surface area contributed by atoms with Gasteiger partial charge in [0, 0.05) is 23.4 Å². The highest BCUT2D eigenvalue weighted by molar-refractivity contribution is 5.95. The van der Waals surface area contributed by atoms with Crippen LogP contribution in [0.2, 0.25) is 0 Å². The Morgan fingerprint density at radius 2 is 1.95 bits per heavy atom. The number of allylic oxidation sites excluding steroid dienone is 1. The van der Waals surface area contributed by atoms with Gasteiger partial charge in [0.1, 0.15) is 18.0 Å². The summed E-state index contributed by atoms with van der Waals surface area (Å²) in [6.07, 6.45) is 1.41. The predicted molar refractivity (Wildman–Crippen MR) is 82.8 cm³/mol. The minimum atomic E-state index is -0.399. The summed E-state index contributed by atoms with van der Waals surface area (Å²) in [6, 6.07) is 5.21. The van der Waals surface area contributed by atoms with E-state index >= 15 is 0 Å². The van der Waals surface area contributed by atoms with Crippen molar-refractivity contribution in [3.8, 4) is 11.5 Å². The molecule has 1 aromatic rings. The Morgan fingerprint density at radius 3 is 2.50 bits per heavy atom. The highest BCUT2D eigenvalue weighted by Gasteiger charge is 2.12. The molecule has 1 aromatic carbocycles. The molecule has 0 aliphatic heterocycles. The molecule has 120 valence electrons. The molecular weight excluding hydrogens is 286 g/mol. The summed E-state index contributed by atoms with van der Waals surface area (Å²) < 4.78 is 15.3. The van der Waals surface area contributed by atoms with Crippen LogP contribution in [0.5, 0.6) is 11.5 Å². The molecule has 22 heavy (non-hydrogen) atoms. The highest BCUT2D eigenvalue weighted by Crippen LogP contribution is 2.29. The standard InChI is InChI=1S/C16H21NO5/c1-5-22-16(19)10-17-14(8-11(2)18)13-7-6-12(20-3)9-15(13)21-4/h6-9,17H,5,10H2,1-4H3/b14-8-. The van der Waals surface area contributed by atoms with E-state index in [1.165, 1.54) is 20.1 Å². The van der Waals surface area contributed by atoms with Crippen LogP contribution in [0.1, 0.15) is 19.4 Å². The number of ketones is 1. The fraction of sp³-hybridized carbons (Fsp3) is 0.375. The Bertz CT molecular complexity index is 566. The van der Waals surface area contributed by atoms with Gasteiger partial charge in [-0.25, -0.2) is 0 Å². The van der Waals surface area contributed by atoms with Crippen LogP contribution >= 0.6 is 0 Å². The van der Waals surface area contributed by atoms with Crippen molar-refractivity contribution in [3.05, 3.63) is 29.8 Å². The van der Waals surface area contributed by atoms with Gasteiger partial charge in [-0.1, -0.05) is 0 Å². The maximum atomic E-state index is 11.5. The molecule has 0 radical (unpaired) electrons. The molecule has 0 amide bonds. The van der Waals surface area contributed by atoms with Crippen molar-refractivity contribution in [2.75, 3.05) is 27.4 Å². The van der Waals surface area contributed by atoms with E-state index in [4.69, 9.17) is 14.2 Å². The van der Waals surface area contributed by atoms with E-state index in [2.05, 4.69) is 5.32 Å². The lowest BCUT2D eigenvalue weighted by Crippen LogP contribution is -2.24. The quantitative estimate of drug-likeness (QED) is 0.583. The molecule has 0 unspecified atom stereocenters. The lowest BCUT2D eigenvalue weighted by Gasteiger charge is -2.15. The molecule has 0 bridgehead atoms. The van der Waals surface area contributed by atoms with Gasteiger partial charge in [0.25, 0.3) is 0 Å². The number of rotatable bonds is 8. The van der Waals surface area contributed by atoms with Gasteiger partial charge in [-0.2, -0.15) is 0 Å². The van der Waals surface area contributed by atoms with Crippen molar-refractivity contribution in [2.45, 2.75) is 13.8 Å². The van der Waals surface area contributed by atoms with Gasteiger partial charge in [0.2, 0.25) is 0 Å². The van der Waals surface area contributed by atoms with Crippen LogP contribution in [-0.2, 0) is 14.3 Å². The second kappa shape index (κ2) is 8.71. The first kappa shape index (κ1) is 17.6. The van der Waals surface area contributed by atoms with E-state index < -0.39 is 5.97 Å². The summed E-state index contributed by atoms with van der Waals surface area (Å²) in [7, 11) is 3.08. The summed E-state index contributed by atoms with van der Waals surface area (Å²) in [4.78, 5) is 22.9. The first-order valence-corrected chi connectivity index (χ1v) is 6.86. The number of carbonyl (C=O) groups excluding carboxylic acids is 2. The first-order chi connectivity index (χ1) is 10.5. The molecule has 0 aromatic heterocycles. The average molecular weight is 307 g/mol. The van der Waals surface area contributed by atoms with E-state index in [1.807, 2.05) is 0 Å². The van der Waals surface area contributed by atoms with Crippen molar-refractivity contribution in [1.82, 2.24) is 5.32 Å². The zero-order valence-electron chi connectivity index (χ0n) is 13.3. The third-order valence-electron chi connectivity index (χ3n) is 2.77. The predicted octanol–water partition coefficient (Wildman–Crippen LogP) is 1.79. The third kappa shape index (κ3) is 5.12. The molecule has 0 heterocycles. The Kier molecular flexibility index (Phi) is 6.95. The van der Waals surface area contributed by atoms with E-state index in [9.17, 15) is 9.59 Å². The van der Waals surface area contributed by atoms with Gasteiger partial charge >= 0.3 is 5.97 Å². The fourth-order valence-corrected chi connectivity index (χ4v) is 1.83. The Morgan fingerprint density at radius 1 is 1.23 bits per heavy atom. The molecule has 0 saturated heterocycles. The van der Waals surface area contributed by atoms with Crippen LogP contribution < -0.4 is 14.8 Å². The lowest BCUT2D eigenvalue weighted by molar-refractivity contribution is -0.141. The number of methoxy groups -OCH3 is 2. The van der Waals surface area contributed by atoms with Gasteiger partial charge in [0.15, 0.2) is 5.78 Å². The Hall–Kier alpha value is -2.50. The summed E-state index contributed by atoms with van der Waals surface area (Å²) in [5.74, 6) is 0.616. The van der Waals surface area contributed by atoms with E-state index in [1.54, 1.807) is 32.2 Å². The fourth-order valence-electron chi connectivity index (χ4n) is 1.83. The second-order valence-corrected chi connectivity index (χ2v) is 4.39. The summed E-state index contributed by atoms with van der Waals surface area (Å²) >= 11 is 0. The lowest BCUT2D eigenvalue weighted by atomic mass is 10.1. The maximum absolute atomic E-state index is 11.5. The number of carbonyl (C=O) groups is 2. The van der Waals surface area contributed by atoms with Crippen molar-refractivity contribution in [2.24, 2.45) is 0 Å². The number of hydrogen-bond donors (Lipinski definition) is 1. The van der Waals surface area contributed by atoms with E-state index in [0.717, 1.165) is 0 Å². The zero-order valence-corrected chi connectivity index (χ0v) is 13.3. The van der Waals surface area contributed by atoms with Crippen LogP contribution in [0.25, 0.3) is 5.70 Å². The summed E-state index contributed by atoms with van der Waals surface area (Å²) in [6.45, 7) is 3.43. The molecule has 1 rings (SSSR count). The van der Waals surface area contributed by atoms with Crippen molar-refractivity contribution >= 4 is 17.4 Å². The molecule has 0 fully saturated rings. The third-order valence-corrected chi connectivity index (χ3v) is 2.77. The average Bonchev–Trinajstić information content (AvgIpc) is 2.50. The number of nitrogens with one attached hydrogen (secondary N) is 1. The van der Waals surface area contributed by atoms with E-state index in [-0.39, 0.29) is 12.3 Å². The molecule has 0 spiro atoms. The molecule has 0 aliphatic rings. The van der Waals surface area contributed by atoms with Crippen molar-refractivity contribution in [1.29, 1.82) is 0 Å². The smallest absolute Gasteiger partial charge is 0.325 e. The van der Waals surface area contributed by atoms with Gasteiger partial charge in [-0.05, 0) is 26.0 Å². The van der Waals surface area contributed by atoms with Gasteiger partial charge in [0.05, 0.1) is 20.8 Å². The molecule has 6 heteroatoms. The number of benzene rings is 1. The SMILES string of the molecule is CCOC(=O)CN/C(=C\C(C)=O)c1ccc(OC)cc1OC. The molecule has 1 N–H and O–H groups in total. The van der Waals surface area contributed by atoms with Gasteiger partial charge in [-0.15, -0.1) is 0 Å². The van der Waals surface area contributed by atoms with Gasteiger partial charge in [-0.3, -0.25) is 9.59 Å². The Balaban J connectivity index is 3.07. The topological polar surface area (TPSA) is 73.9 Å². The Labute approximate surface area is 130 Å². The zero-order chi connectivity index (χ0) is 16.5. The number of esters is 1. The monoisotopic (exact) mass is 307 g/mol. The van der Waals surface area contributed by atoms with Gasteiger partial charge < -0.3 is 19.5 Å². The second-order valence-electron chi connectivity index (χ2n) is 4.39. The normalized spacial score (nSPS) is 10.8. The van der Waals surface area contributed by atoms with Crippen LogP contribution in [0, 0.1) is 0 Å². The molecule has 0 saturated carbocycles. The van der Waals surface area contributed by atoms with Crippen molar-refractivity contribution in [3.63, 3.8) is 0 Å². The number of hydrogen-bond acceptors (Lipinski definition) is 6. The van der Waals surface area contributed by atoms with Crippen LogP contribution in [0.3, 0.4) is 0 Å². The molecule has 0 aliphatic carbocycles. The molecule has 0 atom stereocenters. The maximum Gasteiger partial charge on any atom is 0.325 e. The minimum Gasteiger partial charge on any atom is -0.497 e. The van der Waals surface area contributed by atoms with E-state index in [0.29, 0.717) is 29.4 Å². The van der Waals surface area contributed by atoms with Crippen molar-refractivity contribution < 1.29 is 23.8 Å². The van der Waals surface area contributed by atoms with Crippen LogP contribution in [0.4, 0.5) is 0 Å². The largest absolute Gasteiger partial charge is 0.497 e. The first-order valence-electron chi connectivity index (χ1n) is 6.86.